The van der Waals surface area contributed by atoms with Gasteiger partial charge in [0.2, 0.25) is 10.0 Å². The molecule has 16 heavy (non-hydrogen) atoms. The summed E-state index contributed by atoms with van der Waals surface area (Å²) >= 11 is 0. The first-order chi connectivity index (χ1) is 7.61. The summed E-state index contributed by atoms with van der Waals surface area (Å²) in [7, 11) is -3.15. The Morgan fingerprint density at radius 3 is 2.56 bits per heavy atom. The van der Waals surface area contributed by atoms with E-state index in [2.05, 4.69) is 11.9 Å². The number of nitrogens with one attached hydrogen (secondary N) is 1. The molecule has 1 rings (SSSR count). The van der Waals surface area contributed by atoms with Crippen LogP contribution in [0.3, 0.4) is 0 Å². The lowest BCUT2D eigenvalue weighted by molar-refractivity contribution is 0.263. The topological polar surface area (TPSA) is 49.4 Å². The summed E-state index contributed by atoms with van der Waals surface area (Å²) in [5, 5.41) is 3.25. The van der Waals surface area contributed by atoms with Gasteiger partial charge in [-0.2, -0.15) is 4.31 Å². The molecule has 0 radical (unpaired) electrons. The van der Waals surface area contributed by atoms with Gasteiger partial charge >= 0.3 is 0 Å². The van der Waals surface area contributed by atoms with Crippen LogP contribution in [-0.2, 0) is 10.0 Å². The molecule has 0 amide bonds. The molecule has 1 N–H and O–H groups in total. The first-order valence-corrected chi connectivity index (χ1v) is 7.54. The van der Waals surface area contributed by atoms with Crippen LogP contribution in [-0.4, -0.2) is 44.2 Å². The Morgan fingerprint density at radius 2 is 2.06 bits per heavy atom. The third kappa shape index (κ3) is 3.57. The van der Waals surface area contributed by atoms with Gasteiger partial charge in [0.1, 0.15) is 0 Å². The van der Waals surface area contributed by atoms with Crippen molar-refractivity contribution >= 4 is 10.0 Å². The van der Waals surface area contributed by atoms with Crippen LogP contribution in [0, 0.1) is 0 Å². The highest BCUT2D eigenvalue weighted by Gasteiger charge is 2.29. The average molecular weight is 246 g/mol. The molecule has 0 atom stereocenters. The lowest BCUT2D eigenvalue weighted by Gasteiger charge is -2.33. The number of nitrogens with zero attached hydrogens (tertiary/aromatic N) is 1. The third-order valence-electron chi connectivity index (χ3n) is 2.85. The van der Waals surface area contributed by atoms with Crippen molar-refractivity contribution in [2.75, 3.05) is 25.4 Å². The van der Waals surface area contributed by atoms with Crippen molar-refractivity contribution in [2.45, 2.75) is 32.2 Å². The molecule has 1 saturated heterocycles. The summed E-state index contributed by atoms with van der Waals surface area (Å²) in [5.41, 5.74) is 0. The predicted molar refractivity (Wildman–Crippen MR) is 66.9 cm³/mol. The minimum atomic E-state index is -3.15. The molecular weight excluding hydrogens is 224 g/mol. The fourth-order valence-corrected chi connectivity index (χ4v) is 3.72. The molecule has 0 unspecified atom stereocenters. The van der Waals surface area contributed by atoms with Crippen molar-refractivity contribution < 1.29 is 8.42 Å². The van der Waals surface area contributed by atoms with Crippen molar-refractivity contribution in [1.82, 2.24) is 9.62 Å². The Morgan fingerprint density at radius 1 is 1.44 bits per heavy atom. The first kappa shape index (κ1) is 13.7. The molecule has 1 heterocycles. The van der Waals surface area contributed by atoms with Gasteiger partial charge in [0.15, 0.2) is 0 Å². The zero-order chi connectivity index (χ0) is 12.0. The normalized spacial score (nSPS) is 18.9. The maximum absolute atomic E-state index is 12.1. The SMILES string of the molecule is C=CCS(=O)(=O)N(CCC)C1CCNCC1. The first-order valence-electron chi connectivity index (χ1n) is 5.93. The van der Waals surface area contributed by atoms with Crippen LogP contribution in [0.2, 0.25) is 0 Å². The Kier molecular flexibility index (Phi) is 5.44. The highest BCUT2D eigenvalue weighted by molar-refractivity contribution is 7.89. The highest BCUT2D eigenvalue weighted by atomic mass is 32.2. The van der Waals surface area contributed by atoms with Crippen molar-refractivity contribution in [3.05, 3.63) is 12.7 Å². The van der Waals surface area contributed by atoms with Crippen LogP contribution in [0.1, 0.15) is 26.2 Å². The number of rotatable bonds is 6. The highest BCUT2D eigenvalue weighted by Crippen LogP contribution is 2.17. The molecule has 0 aromatic heterocycles. The quantitative estimate of drug-likeness (QED) is 0.710. The zero-order valence-electron chi connectivity index (χ0n) is 9.98. The van der Waals surface area contributed by atoms with E-state index in [-0.39, 0.29) is 11.8 Å². The van der Waals surface area contributed by atoms with Crippen LogP contribution in [0.15, 0.2) is 12.7 Å². The average Bonchev–Trinajstić information content (AvgIpc) is 2.27. The molecule has 1 aliphatic heterocycles. The molecule has 0 spiro atoms. The van der Waals surface area contributed by atoms with Gasteiger partial charge in [-0.15, -0.1) is 6.58 Å². The molecule has 0 saturated carbocycles. The maximum atomic E-state index is 12.1. The number of hydrogen-bond acceptors (Lipinski definition) is 3. The zero-order valence-corrected chi connectivity index (χ0v) is 10.8. The molecule has 94 valence electrons. The lowest BCUT2D eigenvalue weighted by Crippen LogP contribution is -2.47. The molecule has 1 aliphatic rings. The molecule has 5 heteroatoms. The van der Waals surface area contributed by atoms with Gasteiger partial charge < -0.3 is 5.32 Å². The summed E-state index contributed by atoms with van der Waals surface area (Å²) in [5.74, 6) is 0.0525. The molecule has 4 nitrogen and oxygen atoms in total. The van der Waals surface area contributed by atoms with E-state index < -0.39 is 10.0 Å². The molecule has 0 aromatic rings. The van der Waals surface area contributed by atoms with E-state index in [1.165, 1.54) is 6.08 Å². The van der Waals surface area contributed by atoms with Gasteiger partial charge in [-0.3, -0.25) is 0 Å². The van der Waals surface area contributed by atoms with Crippen LogP contribution in [0.5, 0.6) is 0 Å². The monoisotopic (exact) mass is 246 g/mol. The second-order valence-electron chi connectivity index (χ2n) is 4.16. The Hall–Kier alpha value is -0.390. The van der Waals surface area contributed by atoms with Gasteiger partial charge in [-0.25, -0.2) is 8.42 Å². The van der Waals surface area contributed by atoms with Gasteiger partial charge in [0, 0.05) is 12.6 Å². The van der Waals surface area contributed by atoms with Crippen LogP contribution >= 0.6 is 0 Å². The summed E-state index contributed by atoms with van der Waals surface area (Å²) < 4.78 is 25.8. The fourth-order valence-electron chi connectivity index (χ4n) is 2.11. The Balaban J connectivity index is 2.75. The van der Waals surface area contributed by atoms with Gasteiger partial charge in [0.05, 0.1) is 5.75 Å². The molecule has 1 fully saturated rings. The van der Waals surface area contributed by atoms with E-state index in [1.54, 1.807) is 4.31 Å². The summed E-state index contributed by atoms with van der Waals surface area (Å²) in [4.78, 5) is 0. The fraction of sp³-hybridized carbons (Fsp3) is 0.818. The van der Waals surface area contributed by atoms with E-state index in [1.807, 2.05) is 6.92 Å². The summed E-state index contributed by atoms with van der Waals surface area (Å²) in [6, 6.07) is 0.172. The Bertz CT molecular complexity index is 308. The Labute approximate surface area is 98.8 Å². The second-order valence-corrected chi connectivity index (χ2v) is 6.13. The largest absolute Gasteiger partial charge is 0.317 e. The smallest absolute Gasteiger partial charge is 0.217 e. The second kappa shape index (κ2) is 6.37. The minimum absolute atomic E-state index is 0.0525. The van der Waals surface area contributed by atoms with E-state index in [0.717, 1.165) is 32.4 Å². The van der Waals surface area contributed by atoms with Gasteiger partial charge in [-0.05, 0) is 32.4 Å². The van der Waals surface area contributed by atoms with Crippen LogP contribution in [0.25, 0.3) is 0 Å². The van der Waals surface area contributed by atoms with Gasteiger partial charge in [0.25, 0.3) is 0 Å². The van der Waals surface area contributed by atoms with Crippen molar-refractivity contribution in [3.63, 3.8) is 0 Å². The van der Waals surface area contributed by atoms with Crippen LogP contribution in [0.4, 0.5) is 0 Å². The summed E-state index contributed by atoms with van der Waals surface area (Å²) in [6.45, 7) is 7.97. The standard InChI is InChI=1S/C11H22N2O2S/c1-3-9-13(16(14,15)10-4-2)11-5-7-12-8-6-11/h4,11-12H,2-3,5-10H2,1H3. The number of piperidine rings is 1. The number of sulfonamides is 1. The van der Waals surface area contributed by atoms with Crippen LogP contribution < -0.4 is 5.32 Å². The van der Waals surface area contributed by atoms with E-state index in [4.69, 9.17) is 0 Å². The lowest BCUT2D eigenvalue weighted by atomic mass is 10.1. The van der Waals surface area contributed by atoms with E-state index >= 15 is 0 Å². The van der Waals surface area contributed by atoms with E-state index in [9.17, 15) is 8.42 Å². The van der Waals surface area contributed by atoms with Crippen molar-refractivity contribution in [2.24, 2.45) is 0 Å². The molecule has 0 aromatic carbocycles. The third-order valence-corrected chi connectivity index (χ3v) is 4.70. The predicted octanol–water partition coefficient (Wildman–Crippen LogP) is 0.966. The molecule has 0 aliphatic carbocycles. The van der Waals surface area contributed by atoms with Crippen molar-refractivity contribution in [1.29, 1.82) is 0 Å². The van der Waals surface area contributed by atoms with Gasteiger partial charge in [-0.1, -0.05) is 13.0 Å². The minimum Gasteiger partial charge on any atom is -0.317 e. The molecule has 0 bridgehead atoms. The maximum Gasteiger partial charge on any atom is 0.217 e. The molecular formula is C11H22N2O2S. The summed E-state index contributed by atoms with van der Waals surface area (Å²) in [6.07, 6.45) is 4.16. The number of hydrogen-bond donors (Lipinski definition) is 1. The van der Waals surface area contributed by atoms with E-state index in [0.29, 0.717) is 6.54 Å². The van der Waals surface area contributed by atoms with Crippen molar-refractivity contribution in [3.8, 4) is 0 Å².